The summed E-state index contributed by atoms with van der Waals surface area (Å²) in [5.41, 5.74) is 3.21. The van der Waals surface area contributed by atoms with Gasteiger partial charge in [-0.2, -0.15) is 26.3 Å². The van der Waals surface area contributed by atoms with E-state index in [1.165, 1.54) is 7.11 Å². The van der Waals surface area contributed by atoms with Crippen molar-refractivity contribution >= 4 is 17.4 Å². The summed E-state index contributed by atoms with van der Waals surface area (Å²) in [5, 5.41) is 2.65. The van der Waals surface area contributed by atoms with Crippen molar-refractivity contribution in [1.29, 1.82) is 0 Å². The zero-order chi connectivity index (χ0) is 30.4. The van der Waals surface area contributed by atoms with Gasteiger partial charge < -0.3 is 10.1 Å². The van der Waals surface area contributed by atoms with Gasteiger partial charge in [0, 0.05) is 35.8 Å². The van der Waals surface area contributed by atoms with Crippen molar-refractivity contribution in [2.75, 3.05) is 7.11 Å². The molecule has 0 fully saturated rings. The molecule has 2 aromatic carbocycles. The standard InChI is InChI=1S/C30H32F6N2O3/c1-18-16-21-17-22(41-3)11-12-24(21)26(20-8-5-4-6-9-20)37-27(18)38-28(40)25(13-15-30(34,35)36)23(19(2)39)10-7-14-29(31,32)33/h4-6,8-9,11-12,17,23,25,27H,1,7,10,13-16H2,2-3H3,(H,38,40)/t23-,25-,27-/m1/s1. The van der Waals surface area contributed by atoms with E-state index in [0.717, 1.165) is 23.6 Å². The topological polar surface area (TPSA) is 67.8 Å². The number of hydrogen-bond acceptors (Lipinski definition) is 4. The second-order valence-electron chi connectivity index (χ2n) is 10.1. The Bertz CT molecular complexity index is 1270. The Morgan fingerprint density at radius 3 is 2.24 bits per heavy atom. The lowest BCUT2D eigenvalue weighted by atomic mass is 9.81. The third-order valence-corrected chi connectivity index (χ3v) is 7.01. The fraction of sp³-hybridized carbons (Fsp3) is 0.433. The highest BCUT2D eigenvalue weighted by atomic mass is 19.4. The fourth-order valence-corrected chi connectivity index (χ4v) is 4.95. The fourth-order valence-electron chi connectivity index (χ4n) is 4.95. The largest absolute Gasteiger partial charge is 0.497 e. The molecule has 1 aliphatic heterocycles. The average molecular weight is 583 g/mol. The summed E-state index contributed by atoms with van der Waals surface area (Å²) in [5.74, 6) is -3.79. The number of amides is 1. The molecule has 2 aromatic rings. The highest BCUT2D eigenvalue weighted by Gasteiger charge is 2.38. The highest BCUT2D eigenvalue weighted by Crippen LogP contribution is 2.33. The molecule has 1 amide bonds. The summed E-state index contributed by atoms with van der Waals surface area (Å²) in [6.07, 6.45) is -14.1. The van der Waals surface area contributed by atoms with E-state index in [1.807, 2.05) is 30.3 Å². The number of nitrogens with one attached hydrogen (secondary N) is 1. The third-order valence-electron chi connectivity index (χ3n) is 7.01. The highest BCUT2D eigenvalue weighted by molar-refractivity contribution is 6.14. The number of ether oxygens (including phenoxy) is 1. The van der Waals surface area contributed by atoms with Crippen LogP contribution in [0.15, 0.2) is 65.7 Å². The van der Waals surface area contributed by atoms with Gasteiger partial charge in [0.2, 0.25) is 5.91 Å². The molecule has 3 atom stereocenters. The second kappa shape index (κ2) is 13.4. The van der Waals surface area contributed by atoms with E-state index in [4.69, 9.17) is 9.73 Å². The van der Waals surface area contributed by atoms with E-state index in [-0.39, 0.29) is 12.8 Å². The Morgan fingerprint density at radius 1 is 1.00 bits per heavy atom. The third kappa shape index (κ3) is 9.19. The summed E-state index contributed by atoms with van der Waals surface area (Å²) < 4.78 is 83.1. The molecule has 0 aromatic heterocycles. The molecular weight excluding hydrogens is 550 g/mol. The molecule has 1 heterocycles. The maximum absolute atomic E-state index is 13.5. The molecule has 1 aliphatic rings. The van der Waals surface area contributed by atoms with Crippen LogP contribution in [0.1, 0.15) is 55.7 Å². The van der Waals surface area contributed by atoms with Crippen LogP contribution in [-0.4, -0.2) is 43.0 Å². The zero-order valence-electron chi connectivity index (χ0n) is 22.7. The second-order valence-corrected chi connectivity index (χ2v) is 10.1. The average Bonchev–Trinajstić information content (AvgIpc) is 3.02. The lowest BCUT2D eigenvalue weighted by Crippen LogP contribution is -2.43. The predicted octanol–water partition coefficient (Wildman–Crippen LogP) is 6.98. The number of benzene rings is 2. The van der Waals surface area contributed by atoms with E-state index >= 15 is 0 Å². The molecule has 222 valence electrons. The number of fused-ring (bicyclic) bond motifs is 1. The number of hydrogen-bond donors (Lipinski definition) is 1. The van der Waals surface area contributed by atoms with Gasteiger partial charge in [0.25, 0.3) is 0 Å². The summed E-state index contributed by atoms with van der Waals surface area (Å²) >= 11 is 0. The molecule has 0 saturated heterocycles. The number of methoxy groups -OCH3 is 1. The quantitative estimate of drug-likeness (QED) is 0.230. The Labute approximate surface area is 234 Å². The number of rotatable bonds is 11. The van der Waals surface area contributed by atoms with Crippen LogP contribution in [0.2, 0.25) is 0 Å². The Balaban J connectivity index is 1.96. The molecule has 0 saturated carbocycles. The van der Waals surface area contributed by atoms with Crippen LogP contribution in [0.3, 0.4) is 0 Å². The minimum absolute atomic E-state index is 0.256. The van der Waals surface area contributed by atoms with E-state index in [0.29, 0.717) is 17.0 Å². The number of halogens is 6. The Hall–Kier alpha value is -3.63. The van der Waals surface area contributed by atoms with Crippen LogP contribution >= 0.6 is 0 Å². The first kappa shape index (κ1) is 31.9. The van der Waals surface area contributed by atoms with Crippen molar-refractivity contribution in [2.45, 2.75) is 64.0 Å². The Kier molecular flexibility index (Phi) is 10.4. The van der Waals surface area contributed by atoms with E-state index in [2.05, 4.69) is 11.9 Å². The molecule has 0 unspecified atom stereocenters. The zero-order valence-corrected chi connectivity index (χ0v) is 22.7. The van der Waals surface area contributed by atoms with Gasteiger partial charge in [0.05, 0.1) is 12.8 Å². The van der Waals surface area contributed by atoms with Gasteiger partial charge in [-0.3, -0.25) is 14.6 Å². The number of aliphatic imine (C=N–C) groups is 1. The van der Waals surface area contributed by atoms with Crippen LogP contribution in [0.4, 0.5) is 26.3 Å². The van der Waals surface area contributed by atoms with Crippen molar-refractivity contribution in [2.24, 2.45) is 16.8 Å². The first-order valence-electron chi connectivity index (χ1n) is 13.1. The molecule has 11 heteroatoms. The van der Waals surface area contributed by atoms with Crippen molar-refractivity contribution in [3.63, 3.8) is 0 Å². The number of nitrogens with zero attached hydrogens (tertiary/aromatic N) is 1. The molecule has 0 bridgehead atoms. The lowest BCUT2D eigenvalue weighted by molar-refractivity contribution is -0.146. The van der Waals surface area contributed by atoms with Crippen molar-refractivity contribution in [1.82, 2.24) is 5.32 Å². The van der Waals surface area contributed by atoms with Gasteiger partial charge in [0.15, 0.2) is 0 Å². The van der Waals surface area contributed by atoms with Gasteiger partial charge in [-0.25, -0.2) is 0 Å². The molecule has 41 heavy (non-hydrogen) atoms. The first-order valence-corrected chi connectivity index (χ1v) is 13.1. The predicted molar refractivity (Wildman–Crippen MR) is 143 cm³/mol. The smallest absolute Gasteiger partial charge is 0.389 e. The van der Waals surface area contributed by atoms with E-state index in [9.17, 15) is 35.9 Å². The first-order chi connectivity index (χ1) is 19.2. The monoisotopic (exact) mass is 582 g/mol. The SMILES string of the molecule is C=C1Cc2cc(OC)ccc2C(c2ccccc2)=N[C@@H]1NC(=O)[C@H](CCC(F)(F)F)[C@H](CCCC(F)(F)F)C(C)=O. The van der Waals surface area contributed by atoms with Gasteiger partial charge in [0.1, 0.15) is 17.7 Å². The van der Waals surface area contributed by atoms with Gasteiger partial charge >= 0.3 is 12.4 Å². The van der Waals surface area contributed by atoms with Crippen LogP contribution in [0.5, 0.6) is 5.75 Å². The molecular formula is C30H32F6N2O3. The maximum atomic E-state index is 13.5. The minimum Gasteiger partial charge on any atom is -0.497 e. The summed E-state index contributed by atoms with van der Waals surface area (Å²) in [7, 11) is 1.52. The van der Waals surface area contributed by atoms with Gasteiger partial charge in [-0.15, -0.1) is 0 Å². The number of Topliss-reactive ketones (excluding diaryl/α,β-unsaturated/α-hetero) is 1. The van der Waals surface area contributed by atoms with Crippen molar-refractivity contribution in [3.05, 3.63) is 77.4 Å². The summed E-state index contributed by atoms with van der Waals surface area (Å²) in [6.45, 7) is 5.13. The lowest BCUT2D eigenvalue weighted by Gasteiger charge is -2.27. The molecule has 1 N–H and O–H groups in total. The van der Waals surface area contributed by atoms with Gasteiger partial charge in [-0.05, 0) is 61.9 Å². The molecule has 0 radical (unpaired) electrons. The normalized spacial score (nSPS) is 17.1. The molecule has 0 aliphatic carbocycles. The minimum atomic E-state index is -4.63. The Morgan fingerprint density at radius 2 is 1.66 bits per heavy atom. The summed E-state index contributed by atoms with van der Waals surface area (Å²) in [6, 6.07) is 14.4. The van der Waals surface area contributed by atoms with Crippen LogP contribution in [0.25, 0.3) is 0 Å². The van der Waals surface area contributed by atoms with Gasteiger partial charge in [-0.1, -0.05) is 36.9 Å². The summed E-state index contributed by atoms with van der Waals surface area (Å²) in [4.78, 5) is 30.7. The number of ketones is 1. The van der Waals surface area contributed by atoms with Crippen molar-refractivity contribution < 1.29 is 40.7 Å². The molecule has 0 spiro atoms. The maximum Gasteiger partial charge on any atom is 0.389 e. The van der Waals surface area contributed by atoms with Crippen LogP contribution in [-0.2, 0) is 16.0 Å². The molecule has 3 rings (SSSR count). The number of alkyl halides is 6. The van der Waals surface area contributed by atoms with E-state index in [1.54, 1.807) is 18.2 Å². The van der Waals surface area contributed by atoms with Crippen molar-refractivity contribution in [3.8, 4) is 5.75 Å². The number of carbonyl (C=O) groups is 2. The van der Waals surface area contributed by atoms with Crippen LogP contribution in [0, 0.1) is 11.8 Å². The van der Waals surface area contributed by atoms with Crippen LogP contribution < -0.4 is 10.1 Å². The number of carbonyl (C=O) groups excluding carboxylic acids is 2. The molecule has 5 nitrogen and oxygen atoms in total. The van der Waals surface area contributed by atoms with E-state index < -0.39 is 67.7 Å².